The van der Waals surface area contributed by atoms with Gasteiger partial charge in [0, 0.05) is 11.1 Å². The lowest BCUT2D eigenvalue weighted by atomic mass is 10.1. The van der Waals surface area contributed by atoms with Gasteiger partial charge in [0.05, 0.1) is 17.7 Å². The molecule has 0 N–H and O–H groups in total. The predicted octanol–water partition coefficient (Wildman–Crippen LogP) is 5.94. The minimum Gasteiger partial charge on any atom is -0.494 e. The van der Waals surface area contributed by atoms with Gasteiger partial charge in [-0.15, -0.1) is 0 Å². The van der Waals surface area contributed by atoms with Crippen molar-refractivity contribution >= 4 is 11.6 Å². The molecule has 0 aliphatic rings. The van der Waals surface area contributed by atoms with Crippen molar-refractivity contribution in [1.29, 1.82) is 0 Å². The molecule has 0 fully saturated rings. The fourth-order valence-corrected chi connectivity index (χ4v) is 2.86. The van der Waals surface area contributed by atoms with Crippen molar-refractivity contribution in [1.82, 2.24) is 10.1 Å². The van der Waals surface area contributed by atoms with Gasteiger partial charge in [-0.05, 0) is 69.2 Å². The normalized spacial score (nSPS) is 11.0. The van der Waals surface area contributed by atoms with Gasteiger partial charge in [-0.25, -0.2) is 0 Å². The maximum absolute atomic E-state index is 6.30. The SMILES string of the molecule is CCCOc1ccc(-c2noc(-c3ccc(OC(C)C)c(Cl)c3)n2)c(C)c1. The lowest BCUT2D eigenvalue weighted by Crippen LogP contribution is -2.05. The highest BCUT2D eigenvalue weighted by Gasteiger charge is 2.15. The van der Waals surface area contributed by atoms with E-state index in [1.54, 1.807) is 6.07 Å². The Morgan fingerprint density at radius 2 is 1.96 bits per heavy atom. The van der Waals surface area contributed by atoms with Crippen LogP contribution < -0.4 is 9.47 Å². The molecule has 0 spiro atoms. The van der Waals surface area contributed by atoms with Gasteiger partial charge in [-0.1, -0.05) is 23.7 Å². The Morgan fingerprint density at radius 3 is 2.63 bits per heavy atom. The largest absolute Gasteiger partial charge is 0.494 e. The van der Waals surface area contributed by atoms with Gasteiger partial charge < -0.3 is 14.0 Å². The van der Waals surface area contributed by atoms with Gasteiger partial charge in [0.15, 0.2) is 0 Å². The highest BCUT2D eigenvalue weighted by Crippen LogP contribution is 2.32. The standard InChI is InChI=1S/C21H23ClN2O3/c1-5-10-25-16-7-8-17(14(4)11-16)20-23-21(27-24-20)15-6-9-19(18(22)12-15)26-13(2)3/h6-9,11-13H,5,10H2,1-4H3. The number of aromatic nitrogens is 2. The van der Waals surface area contributed by atoms with E-state index in [2.05, 4.69) is 17.1 Å². The summed E-state index contributed by atoms with van der Waals surface area (Å²) in [5.41, 5.74) is 2.67. The number of nitrogens with zero attached hydrogens (tertiary/aromatic N) is 2. The smallest absolute Gasteiger partial charge is 0.258 e. The predicted molar refractivity (Wildman–Crippen MR) is 106 cm³/mol. The fraction of sp³-hybridized carbons (Fsp3) is 0.333. The second-order valence-corrected chi connectivity index (χ2v) is 6.97. The molecule has 0 saturated carbocycles. The van der Waals surface area contributed by atoms with Crippen LogP contribution in [0.25, 0.3) is 22.8 Å². The van der Waals surface area contributed by atoms with Crippen LogP contribution in [0.1, 0.15) is 32.8 Å². The minimum atomic E-state index is 0.0515. The van der Waals surface area contributed by atoms with Crippen molar-refractivity contribution in [3.8, 4) is 34.3 Å². The third-order valence-corrected chi connectivity index (χ3v) is 4.17. The van der Waals surface area contributed by atoms with Crippen LogP contribution in [0.3, 0.4) is 0 Å². The van der Waals surface area contributed by atoms with Crippen molar-refractivity contribution < 1.29 is 14.0 Å². The first-order valence-electron chi connectivity index (χ1n) is 9.02. The third-order valence-electron chi connectivity index (χ3n) is 3.88. The molecule has 0 bridgehead atoms. The number of rotatable bonds is 7. The van der Waals surface area contributed by atoms with E-state index in [0.717, 1.165) is 28.9 Å². The zero-order valence-electron chi connectivity index (χ0n) is 16.0. The van der Waals surface area contributed by atoms with Gasteiger partial charge in [-0.3, -0.25) is 0 Å². The molecule has 0 amide bonds. The van der Waals surface area contributed by atoms with Crippen molar-refractivity contribution in [2.45, 2.75) is 40.2 Å². The number of benzene rings is 2. The van der Waals surface area contributed by atoms with Crippen LogP contribution in [0.4, 0.5) is 0 Å². The molecule has 0 aliphatic heterocycles. The molecule has 5 nitrogen and oxygen atoms in total. The Labute approximate surface area is 164 Å². The van der Waals surface area contributed by atoms with Crippen LogP contribution in [0.2, 0.25) is 5.02 Å². The highest BCUT2D eigenvalue weighted by molar-refractivity contribution is 6.32. The summed E-state index contributed by atoms with van der Waals surface area (Å²) < 4.78 is 16.8. The molecule has 3 aromatic rings. The Balaban J connectivity index is 1.83. The molecular weight excluding hydrogens is 364 g/mol. The summed E-state index contributed by atoms with van der Waals surface area (Å²) in [6.07, 6.45) is 1.02. The lowest BCUT2D eigenvalue weighted by Gasteiger charge is -2.11. The summed E-state index contributed by atoms with van der Waals surface area (Å²) in [5.74, 6) is 2.42. The van der Waals surface area contributed by atoms with Crippen molar-refractivity contribution in [2.75, 3.05) is 6.61 Å². The highest BCUT2D eigenvalue weighted by atomic mass is 35.5. The first-order valence-corrected chi connectivity index (χ1v) is 9.39. The van der Waals surface area contributed by atoms with Crippen LogP contribution in [-0.4, -0.2) is 22.9 Å². The zero-order chi connectivity index (χ0) is 19.4. The molecule has 0 unspecified atom stereocenters. The van der Waals surface area contributed by atoms with E-state index in [1.165, 1.54) is 0 Å². The quantitative estimate of drug-likeness (QED) is 0.502. The first-order chi connectivity index (χ1) is 13.0. The molecule has 1 aromatic heterocycles. The topological polar surface area (TPSA) is 57.4 Å². The maximum atomic E-state index is 6.30. The summed E-state index contributed by atoms with van der Waals surface area (Å²) in [6.45, 7) is 8.68. The molecule has 0 radical (unpaired) electrons. The number of hydrogen-bond donors (Lipinski definition) is 0. The first kappa shape index (κ1) is 19.2. The van der Waals surface area contributed by atoms with E-state index in [0.29, 0.717) is 29.1 Å². The summed E-state index contributed by atoms with van der Waals surface area (Å²) in [4.78, 5) is 4.52. The van der Waals surface area contributed by atoms with E-state index >= 15 is 0 Å². The molecule has 2 aromatic carbocycles. The second kappa shape index (κ2) is 8.44. The minimum absolute atomic E-state index is 0.0515. The maximum Gasteiger partial charge on any atom is 0.258 e. The number of ether oxygens (including phenoxy) is 2. The Bertz CT molecular complexity index is 922. The van der Waals surface area contributed by atoms with Crippen LogP contribution in [0.5, 0.6) is 11.5 Å². The fourth-order valence-electron chi connectivity index (χ4n) is 2.63. The summed E-state index contributed by atoms with van der Waals surface area (Å²) >= 11 is 6.30. The Morgan fingerprint density at radius 1 is 1.15 bits per heavy atom. The lowest BCUT2D eigenvalue weighted by molar-refractivity contribution is 0.242. The number of halogens is 1. The van der Waals surface area contributed by atoms with Crippen molar-refractivity contribution in [2.24, 2.45) is 0 Å². The molecule has 142 valence electrons. The van der Waals surface area contributed by atoms with Gasteiger partial charge >= 0.3 is 0 Å². The number of aryl methyl sites for hydroxylation is 1. The third kappa shape index (κ3) is 4.61. The van der Waals surface area contributed by atoms with Gasteiger partial charge in [0.2, 0.25) is 5.82 Å². The Kier molecular flexibility index (Phi) is 6.01. The molecule has 3 rings (SSSR count). The molecule has 6 heteroatoms. The van der Waals surface area contributed by atoms with Gasteiger partial charge in [0.1, 0.15) is 11.5 Å². The van der Waals surface area contributed by atoms with E-state index in [-0.39, 0.29) is 6.10 Å². The molecule has 0 atom stereocenters. The molecule has 0 saturated heterocycles. The average molecular weight is 387 g/mol. The van der Waals surface area contributed by atoms with E-state index in [9.17, 15) is 0 Å². The molecule has 1 heterocycles. The van der Waals surface area contributed by atoms with Crippen LogP contribution >= 0.6 is 11.6 Å². The molecular formula is C21H23ClN2O3. The summed E-state index contributed by atoms with van der Waals surface area (Å²) in [6, 6.07) is 11.3. The molecule has 27 heavy (non-hydrogen) atoms. The van der Waals surface area contributed by atoms with Crippen LogP contribution in [0.15, 0.2) is 40.9 Å². The second-order valence-electron chi connectivity index (χ2n) is 6.56. The molecule has 0 aliphatic carbocycles. The van der Waals surface area contributed by atoms with Crippen LogP contribution in [-0.2, 0) is 0 Å². The summed E-state index contributed by atoms with van der Waals surface area (Å²) in [7, 11) is 0. The van der Waals surface area contributed by atoms with Gasteiger partial charge in [-0.2, -0.15) is 4.98 Å². The monoisotopic (exact) mass is 386 g/mol. The van der Waals surface area contributed by atoms with Crippen molar-refractivity contribution in [3.63, 3.8) is 0 Å². The van der Waals surface area contributed by atoms with E-state index < -0.39 is 0 Å². The summed E-state index contributed by atoms with van der Waals surface area (Å²) in [5, 5.41) is 4.62. The van der Waals surface area contributed by atoms with Crippen LogP contribution in [0, 0.1) is 6.92 Å². The average Bonchev–Trinajstić information content (AvgIpc) is 3.11. The van der Waals surface area contributed by atoms with E-state index in [1.807, 2.05) is 51.1 Å². The number of hydrogen-bond acceptors (Lipinski definition) is 5. The Hall–Kier alpha value is -2.53. The van der Waals surface area contributed by atoms with E-state index in [4.69, 9.17) is 25.6 Å². The van der Waals surface area contributed by atoms with Crippen molar-refractivity contribution in [3.05, 3.63) is 47.0 Å². The zero-order valence-corrected chi connectivity index (χ0v) is 16.7. The van der Waals surface area contributed by atoms with Gasteiger partial charge in [0.25, 0.3) is 5.89 Å².